The highest BCUT2D eigenvalue weighted by molar-refractivity contribution is 9.10. The topological polar surface area (TPSA) is 108 Å². The van der Waals surface area contributed by atoms with Gasteiger partial charge in [0.05, 0.1) is 18.1 Å². The number of likely N-dealkylation sites (tertiary alicyclic amines) is 1. The molecule has 3 atom stereocenters. The smallest absolute Gasteiger partial charge is 0.408 e. The van der Waals surface area contributed by atoms with Gasteiger partial charge >= 0.3 is 6.09 Å². The monoisotopic (exact) mass is 543 g/mol. The molecule has 2 aromatic rings. The minimum Gasteiger partial charge on any atom is -0.445 e. The summed E-state index contributed by atoms with van der Waals surface area (Å²) >= 11 is 3.47. The number of nitrogens with one attached hydrogen (secondary N) is 2. The number of benzene rings is 2. The van der Waals surface area contributed by atoms with Crippen LogP contribution in [0.5, 0.6) is 0 Å². The van der Waals surface area contributed by atoms with Crippen LogP contribution in [0.2, 0.25) is 0 Å². The Balaban J connectivity index is 1.52. The summed E-state index contributed by atoms with van der Waals surface area (Å²) in [4.78, 5) is 40.9. The van der Waals surface area contributed by atoms with Gasteiger partial charge in [-0.2, -0.15) is 0 Å². The van der Waals surface area contributed by atoms with Crippen molar-refractivity contribution in [3.63, 3.8) is 0 Å². The first-order valence-corrected chi connectivity index (χ1v) is 12.5. The number of alkyl carbamates (subject to hydrolysis) is 1. The SMILES string of the molecule is CC(C)C[C@H](NC(=O)OCc1ccccc1)C(=O)N1C[C@]2(C[C@H]1CO)C(=O)Nc1ccc(Br)cc12. The summed E-state index contributed by atoms with van der Waals surface area (Å²) in [7, 11) is 0. The molecule has 0 aromatic heterocycles. The van der Waals surface area contributed by atoms with Gasteiger partial charge in [0.1, 0.15) is 12.6 Å². The highest BCUT2D eigenvalue weighted by atomic mass is 79.9. The molecule has 35 heavy (non-hydrogen) atoms. The van der Waals surface area contributed by atoms with E-state index >= 15 is 0 Å². The van der Waals surface area contributed by atoms with Gasteiger partial charge in [-0.25, -0.2) is 4.79 Å². The molecule has 0 aliphatic carbocycles. The van der Waals surface area contributed by atoms with Crippen LogP contribution in [0.15, 0.2) is 53.0 Å². The van der Waals surface area contributed by atoms with E-state index in [1.807, 2.05) is 62.4 Å². The maximum Gasteiger partial charge on any atom is 0.408 e. The van der Waals surface area contributed by atoms with E-state index in [0.29, 0.717) is 18.5 Å². The molecule has 1 saturated heterocycles. The van der Waals surface area contributed by atoms with E-state index in [1.54, 1.807) is 4.90 Å². The summed E-state index contributed by atoms with van der Waals surface area (Å²) in [5, 5.41) is 15.8. The number of aliphatic hydroxyl groups is 1. The Morgan fingerprint density at radius 3 is 2.69 bits per heavy atom. The zero-order valence-corrected chi connectivity index (χ0v) is 21.4. The lowest BCUT2D eigenvalue weighted by molar-refractivity contribution is -0.135. The van der Waals surface area contributed by atoms with Gasteiger partial charge in [-0.1, -0.05) is 60.1 Å². The van der Waals surface area contributed by atoms with Crippen LogP contribution in [0.3, 0.4) is 0 Å². The van der Waals surface area contributed by atoms with Crippen molar-refractivity contribution in [1.29, 1.82) is 0 Å². The van der Waals surface area contributed by atoms with Crippen molar-refractivity contribution in [2.45, 2.75) is 50.8 Å². The highest BCUT2D eigenvalue weighted by Crippen LogP contribution is 2.47. The first kappa shape index (κ1) is 25.2. The molecule has 0 saturated carbocycles. The molecular weight excluding hydrogens is 514 g/mol. The number of anilines is 1. The molecule has 2 aromatic carbocycles. The van der Waals surface area contributed by atoms with E-state index in [2.05, 4.69) is 26.6 Å². The van der Waals surface area contributed by atoms with Gasteiger partial charge in [-0.3, -0.25) is 9.59 Å². The molecule has 2 aliphatic rings. The summed E-state index contributed by atoms with van der Waals surface area (Å²) in [6.45, 7) is 3.86. The molecule has 0 unspecified atom stereocenters. The van der Waals surface area contributed by atoms with Crippen molar-refractivity contribution >= 4 is 39.5 Å². The quantitative estimate of drug-likeness (QED) is 0.494. The number of ether oxygens (including phenoxy) is 1. The van der Waals surface area contributed by atoms with E-state index in [1.165, 1.54) is 0 Å². The van der Waals surface area contributed by atoms with Crippen LogP contribution in [0.4, 0.5) is 10.5 Å². The summed E-state index contributed by atoms with van der Waals surface area (Å²) in [6.07, 6.45) is 0.0160. The maximum absolute atomic E-state index is 13.7. The van der Waals surface area contributed by atoms with E-state index < -0.39 is 23.6 Å². The Morgan fingerprint density at radius 2 is 2.00 bits per heavy atom. The van der Waals surface area contributed by atoms with E-state index in [4.69, 9.17) is 4.74 Å². The number of nitrogens with zero attached hydrogens (tertiary/aromatic N) is 1. The van der Waals surface area contributed by atoms with Crippen molar-refractivity contribution in [2.24, 2.45) is 5.92 Å². The van der Waals surface area contributed by atoms with E-state index in [-0.39, 0.29) is 37.5 Å². The maximum atomic E-state index is 13.7. The summed E-state index contributed by atoms with van der Waals surface area (Å²) in [5.41, 5.74) is 1.42. The lowest BCUT2D eigenvalue weighted by Crippen LogP contribution is -2.52. The molecule has 2 heterocycles. The molecule has 9 heteroatoms. The van der Waals surface area contributed by atoms with Gasteiger partial charge in [0.2, 0.25) is 11.8 Å². The van der Waals surface area contributed by atoms with Gasteiger partial charge in [0, 0.05) is 16.7 Å². The molecule has 0 bridgehead atoms. The molecule has 1 spiro atoms. The number of amides is 3. The third-order valence-corrected chi connectivity index (χ3v) is 7.14. The normalized spacial score (nSPS) is 21.7. The average molecular weight is 544 g/mol. The molecule has 3 N–H and O–H groups in total. The number of hydrogen-bond acceptors (Lipinski definition) is 5. The van der Waals surface area contributed by atoms with Crippen LogP contribution in [0.25, 0.3) is 0 Å². The van der Waals surface area contributed by atoms with Gasteiger partial charge in [-0.15, -0.1) is 0 Å². The Kier molecular flexibility index (Phi) is 7.47. The molecule has 0 radical (unpaired) electrons. The van der Waals surface area contributed by atoms with Gasteiger partial charge in [0.25, 0.3) is 0 Å². The third-order valence-electron chi connectivity index (χ3n) is 6.65. The standard InChI is InChI=1S/C26H30BrN3O5/c1-16(2)10-22(29-25(34)35-14-17-6-4-3-5-7-17)23(32)30-15-26(12-19(30)13-31)20-11-18(27)8-9-21(20)28-24(26)33/h3-9,11,16,19,22,31H,10,12-15H2,1-2H3,(H,28,33)(H,29,34)/t19-,22-,26-/m0/s1. The number of hydrogen-bond donors (Lipinski definition) is 3. The van der Waals surface area contributed by atoms with Gasteiger partial charge in [-0.05, 0) is 48.1 Å². The highest BCUT2D eigenvalue weighted by Gasteiger charge is 2.56. The van der Waals surface area contributed by atoms with Crippen molar-refractivity contribution in [3.05, 3.63) is 64.1 Å². The average Bonchev–Trinajstić information content (AvgIpc) is 3.35. The first-order valence-electron chi connectivity index (χ1n) is 11.7. The summed E-state index contributed by atoms with van der Waals surface area (Å²) < 4.78 is 6.17. The number of halogens is 1. The lowest BCUT2D eigenvalue weighted by atomic mass is 9.79. The second-order valence-corrected chi connectivity index (χ2v) is 10.5. The summed E-state index contributed by atoms with van der Waals surface area (Å²) in [6, 6.07) is 13.5. The molecule has 1 fully saturated rings. The van der Waals surface area contributed by atoms with Crippen molar-refractivity contribution in [2.75, 3.05) is 18.5 Å². The Bertz CT molecular complexity index is 1110. The molecule has 2 aliphatic heterocycles. The third kappa shape index (κ3) is 5.21. The van der Waals surface area contributed by atoms with Crippen LogP contribution < -0.4 is 10.6 Å². The Labute approximate surface area is 213 Å². The predicted octanol–water partition coefficient (Wildman–Crippen LogP) is 3.57. The predicted molar refractivity (Wildman–Crippen MR) is 135 cm³/mol. The van der Waals surface area contributed by atoms with Crippen LogP contribution in [-0.4, -0.2) is 53.1 Å². The zero-order chi connectivity index (χ0) is 25.2. The largest absolute Gasteiger partial charge is 0.445 e. The zero-order valence-electron chi connectivity index (χ0n) is 19.8. The number of rotatable bonds is 7. The van der Waals surface area contributed by atoms with Crippen LogP contribution in [0, 0.1) is 5.92 Å². The number of fused-ring (bicyclic) bond motifs is 2. The fourth-order valence-corrected chi connectivity index (χ4v) is 5.32. The summed E-state index contributed by atoms with van der Waals surface area (Å²) in [5.74, 6) is -0.397. The van der Waals surface area contributed by atoms with Crippen LogP contribution in [0.1, 0.15) is 37.8 Å². The minimum absolute atomic E-state index is 0.0905. The fraction of sp³-hybridized carbons (Fsp3) is 0.423. The second-order valence-electron chi connectivity index (χ2n) is 9.62. The minimum atomic E-state index is -0.946. The number of carbonyl (C=O) groups is 3. The molecular formula is C26H30BrN3O5. The van der Waals surface area contributed by atoms with E-state index in [0.717, 1.165) is 15.6 Å². The molecule has 4 rings (SSSR count). The van der Waals surface area contributed by atoms with E-state index in [9.17, 15) is 19.5 Å². The van der Waals surface area contributed by atoms with Crippen molar-refractivity contribution < 1.29 is 24.2 Å². The second kappa shape index (κ2) is 10.4. The fourth-order valence-electron chi connectivity index (χ4n) is 4.96. The molecule has 186 valence electrons. The Hall–Kier alpha value is -2.91. The first-order chi connectivity index (χ1) is 16.7. The Morgan fingerprint density at radius 1 is 1.26 bits per heavy atom. The van der Waals surface area contributed by atoms with Gasteiger partial charge < -0.3 is 25.4 Å². The van der Waals surface area contributed by atoms with Gasteiger partial charge in [0.15, 0.2) is 0 Å². The van der Waals surface area contributed by atoms with Crippen LogP contribution in [-0.2, 0) is 26.3 Å². The number of aliphatic hydroxyl groups excluding tert-OH is 1. The lowest BCUT2D eigenvalue weighted by Gasteiger charge is -2.29. The molecule has 3 amide bonds. The van der Waals surface area contributed by atoms with Crippen molar-refractivity contribution in [1.82, 2.24) is 10.2 Å². The van der Waals surface area contributed by atoms with Crippen molar-refractivity contribution in [3.8, 4) is 0 Å². The van der Waals surface area contributed by atoms with Crippen LogP contribution >= 0.6 is 15.9 Å². The number of carbonyl (C=O) groups excluding carboxylic acids is 3. The molecule has 8 nitrogen and oxygen atoms in total.